The molecule has 0 atom stereocenters. The van der Waals surface area contributed by atoms with Gasteiger partial charge in [-0.15, -0.1) is 0 Å². The van der Waals surface area contributed by atoms with E-state index in [0.29, 0.717) is 25.1 Å². The van der Waals surface area contributed by atoms with E-state index in [1.165, 1.54) is 0 Å². The van der Waals surface area contributed by atoms with Gasteiger partial charge in [-0.25, -0.2) is 4.98 Å². The summed E-state index contributed by atoms with van der Waals surface area (Å²) >= 11 is 0. The van der Waals surface area contributed by atoms with Gasteiger partial charge in [-0.3, -0.25) is 10.1 Å². The average molecular weight is 307 g/mol. The van der Waals surface area contributed by atoms with E-state index in [2.05, 4.69) is 10.3 Å². The van der Waals surface area contributed by atoms with Crippen LogP contribution in [0.25, 0.3) is 0 Å². The molecular formula is C12H16F3N3O3. The highest BCUT2D eigenvalue weighted by Crippen LogP contribution is 2.35. The molecule has 6 nitrogen and oxygen atoms in total. The number of aliphatic hydroxyl groups excluding tert-OH is 1. The highest BCUT2D eigenvalue weighted by Gasteiger charge is 2.36. The number of hydrogen-bond acceptors (Lipinski definition) is 5. The molecule has 118 valence electrons. The summed E-state index contributed by atoms with van der Waals surface area (Å²) in [6.07, 6.45) is -3.36. The van der Waals surface area contributed by atoms with Gasteiger partial charge < -0.3 is 10.4 Å². The lowest BCUT2D eigenvalue weighted by molar-refractivity contribution is -0.384. The number of nitro groups is 1. The Morgan fingerprint density at radius 2 is 1.95 bits per heavy atom. The third-order valence-electron chi connectivity index (χ3n) is 3.43. The van der Waals surface area contributed by atoms with Crippen molar-refractivity contribution in [2.24, 2.45) is 0 Å². The fourth-order valence-corrected chi connectivity index (χ4v) is 1.82. The zero-order valence-electron chi connectivity index (χ0n) is 11.6. The highest BCUT2D eigenvalue weighted by atomic mass is 19.4. The first kappa shape index (κ1) is 17.2. The molecule has 0 saturated carbocycles. The van der Waals surface area contributed by atoms with Crippen LogP contribution in [0.1, 0.15) is 32.4 Å². The summed E-state index contributed by atoms with van der Waals surface area (Å²) in [6, 6.07) is 0.591. The van der Waals surface area contributed by atoms with Gasteiger partial charge in [0.15, 0.2) is 0 Å². The van der Waals surface area contributed by atoms with Crippen LogP contribution in [0.15, 0.2) is 12.3 Å². The molecule has 9 heteroatoms. The Morgan fingerprint density at radius 3 is 2.33 bits per heavy atom. The third kappa shape index (κ3) is 3.81. The number of rotatable bonds is 6. The summed E-state index contributed by atoms with van der Waals surface area (Å²) < 4.78 is 38.0. The SMILES string of the molecule is CCC(CC)(CO)Nc1cc(C(F)(F)F)ncc1[N+](=O)[O-]. The molecule has 0 aliphatic carbocycles. The Bertz CT molecular complexity index is 508. The number of aliphatic hydroxyl groups is 1. The van der Waals surface area contributed by atoms with Crippen LogP contribution in [0.5, 0.6) is 0 Å². The zero-order chi connectivity index (χ0) is 16.3. The second-order valence-corrected chi connectivity index (χ2v) is 4.61. The van der Waals surface area contributed by atoms with Crippen LogP contribution in [0.3, 0.4) is 0 Å². The summed E-state index contributed by atoms with van der Waals surface area (Å²) in [6.45, 7) is 3.09. The lowest BCUT2D eigenvalue weighted by Gasteiger charge is -2.31. The van der Waals surface area contributed by atoms with E-state index in [1.807, 2.05) is 0 Å². The van der Waals surface area contributed by atoms with Gasteiger partial charge >= 0.3 is 11.9 Å². The summed E-state index contributed by atoms with van der Waals surface area (Å²) in [5.74, 6) is 0. The molecule has 0 spiro atoms. The molecule has 1 heterocycles. The number of pyridine rings is 1. The number of halogens is 3. The van der Waals surface area contributed by atoms with E-state index in [-0.39, 0.29) is 12.3 Å². The molecule has 1 aromatic heterocycles. The van der Waals surface area contributed by atoms with Gasteiger partial charge in [-0.05, 0) is 18.9 Å². The van der Waals surface area contributed by atoms with Gasteiger partial charge in [0.1, 0.15) is 17.6 Å². The lowest BCUT2D eigenvalue weighted by atomic mass is 9.93. The maximum atomic E-state index is 12.7. The normalized spacial score (nSPS) is 12.3. The van der Waals surface area contributed by atoms with Crippen LogP contribution in [-0.4, -0.2) is 27.2 Å². The lowest BCUT2D eigenvalue weighted by Crippen LogP contribution is -2.41. The maximum absolute atomic E-state index is 12.7. The van der Waals surface area contributed by atoms with Crippen molar-refractivity contribution in [3.63, 3.8) is 0 Å². The first-order valence-corrected chi connectivity index (χ1v) is 6.29. The Labute approximate surface area is 119 Å². The van der Waals surface area contributed by atoms with Crippen molar-refractivity contribution in [2.45, 2.75) is 38.4 Å². The van der Waals surface area contributed by atoms with Crippen LogP contribution < -0.4 is 5.32 Å². The van der Waals surface area contributed by atoms with Crippen LogP contribution in [-0.2, 0) is 6.18 Å². The van der Waals surface area contributed by atoms with E-state index in [4.69, 9.17) is 0 Å². The molecule has 21 heavy (non-hydrogen) atoms. The molecule has 0 saturated heterocycles. The quantitative estimate of drug-likeness (QED) is 0.623. The molecule has 0 unspecified atom stereocenters. The van der Waals surface area contributed by atoms with Gasteiger partial charge in [0, 0.05) is 0 Å². The molecule has 1 rings (SSSR count). The number of aromatic nitrogens is 1. The average Bonchev–Trinajstić information content (AvgIpc) is 2.43. The van der Waals surface area contributed by atoms with Crippen molar-refractivity contribution in [1.82, 2.24) is 4.98 Å². The zero-order valence-corrected chi connectivity index (χ0v) is 11.6. The van der Waals surface area contributed by atoms with Crippen LogP contribution in [0.4, 0.5) is 24.5 Å². The minimum Gasteiger partial charge on any atom is -0.394 e. The Kier molecular flexibility index (Phi) is 5.10. The molecule has 0 radical (unpaired) electrons. The predicted molar refractivity (Wildman–Crippen MR) is 69.9 cm³/mol. The monoisotopic (exact) mass is 307 g/mol. The van der Waals surface area contributed by atoms with Crippen molar-refractivity contribution in [3.8, 4) is 0 Å². The molecule has 0 amide bonds. The van der Waals surface area contributed by atoms with Gasteiger partial charge in [-0.2, -0.15) is 13.2 Å². The van der Waals surface area contributed by atoms with E-state index in [9.17, 15) is 28.4 Å². The van der Waals surface area contributed by atoms with Crippen LogP contribution in [0, 0.1) is 10.1 Å². The first-order chi connectivity index (χ1) is 9.69. The minimum atomic E-state index is -4.70. The van der Waals surface area contributed by atoms with E-state index in [1.54, 1.807) is 13.8 Å². The van der Waals surface area contributed by atoms with Gasteiger partial charge in [-0.1, -0.05) is 13.8 Å². The Morgan fingerprint density at radius 1 is 1.38 bits per heavy atom. The van der Waals surface area contributed by atoms with Crippen LogP contribution >= 0.6 is 0 Å². The molecule has 0 bridgehead atoms. The van der Waals surface area contributed by atoms with Gasteiger partial charge in [0.25, 0.3) is 0 Å². The first-order valence-electron chi connectivity index (χ1n) is 6.29. The molecule has 0 aliphatic heterocycles. The minimum absolute atomic E-state index is 0.305. The smallest absolute Gasteiger partial charge is 0.394 e. The molecule has 2 N–H and O–H groups in total. The Balaban J connectivity index is 3.33. The molecule has 1 aromatic rings. The number of hydrogen-bond donors (Lipinski definition) is 2. The third-order valence-corrected chi connectivity index (χ3v) is 3.43. The number of nitrogens with one attached hydrogen (secondary N) is 1. The van der Waals surface area contributed by atoms with Crippen molar-refractivity contribution in [1.29, 1.82) is 0 Å². The molecule has 0 aliphatic rings. The standard InChI is InChI=1S/C12H16F3N3O3/c1-3-11(4-2,7-19)17-8-5-10(12(13,14)15)16-6-9(8)18(20)21/h5-6,19H,3-4,7H2,1-2H3,(H,16,17). The van der Waals surface area contributed by atoms with Crippen molar-refractivity contribution < 1.29 is 23.2 Å². The van der Waals surface area contributed by atoms with E-state index < -0.39 is 28.0 Å². The number of anilines is 1. The van der Waals surface area contributed by atoms with Gasteiger partial charge in [0.2, 0.25) is 0 Å². The van der Waals surface area contributed by atoms with Gasteiger partial charge in [0.05, 0.1) is 17.1 Å². The topological polar surface area (TPSA) is 88.3 Å². The van der Waals surface area contributed by atoms with Crippen molar-refractivity contribution >= 4 is 11.4 Å². The highest BCUT2D eigenvalue weighted by molar-refractivity contribution is 5.62. The fourth-order valence-electron chi connectivity index (χ4n) is 1.82. The number of nitrogens with zero attached hydrogens (tertiary/aromatic N) is 2. The van der Waals surface area contributed by atoms with E-state index in [0.717, 1.165) is 0 Å². The van der Waals surface area contributed by atoms with Crippen molar-refractivity contribution in [2.75, 3.05) is 11.9 Å². The maximum Gasteiger partial charge on any atom is 0.433 e. The Hall–Kier alpha value is -1.90. The molecular weight excluding hydrogens is 291 g/mol. The summed E-state index contributed by atoms with van der Waals surface area (Å²) in [5, 5.41) is 23.0. The van der Waals surface area contributed by atoms with Crippen molar-refractivity contribution in [3.05, 3.63) is 28.1 Å². The molecule has 0 aromatic carbocycles. The summed E-state index contributed by atoms with van der Waals surface area (Å²) in [5.41, 5.74) is -3.02. The predicted octanol–water partition coefficient (Wildman–Crippen LogP) is 2.97. The van der Waals surface area contributed by atoms with E-state index >= 15 is 0 Å². The largest absolute Gasteiger partial charge is 0.433 e. The fraction of sp³-hybridized carbons (Fsp3) is 0.583. The second-order valence-electron chi connectivity index (χ2n) is 4.61. The second kappa shape index (κ2) is 6.25. The molecule has 0 fully saturated rings. The summed E-state index contributed by atoms with van der Waals surface area (Å²) in [7, 11) is 0. The summed E-state index contributed by atoms with van der Waals surface area (Å²) in [4.78, 5) is 13.2. The number of alkyl halides is 3. The van der Waals surface area contributed by atoms with Crippen LogP contribution in [0.2, 0.25) is 0 Å².